The second-order valence-electron chi connectivity index (χ2n) is 4.43. The van der Waals surface area contributed by atoms with Crippen molar-refractivity contribution in [3.8, 4) is 0 Å². The standard InChI is InChI=1S/C11H17N3O4S/c1-6(2)8(9(15)16)4-13-10(17)12-3-7-5-19-11(18)14-7/h5-6,8H,3-4H2,1-2H3,(H,14,18)(H,15,16)(H2,12,13,17). The van der Waals surface area contributed by atoms with Crippen molar-refractivity contribution in [3.05, 3.63) is 20.7 Å². The lowest BCUT2D eigenvalue weighted by molar-refractivity contribution is -0.142. The molecule has 0 fully saturated rings. The van der Waals surface area contributed by atoms with Crippen LogP contribution >= 0.6 is 11.3 Å². The monoisotopic (exact) mass is 287 g/mol. The number of urea groups is 1. The number of rotatable bonds is 6. The van der Waals surface area contributed by atoms with E-state index >= 15 is 0 Å². The number of carbonyl (C=O) groups excluding carboxylic acids is 1. The van der Waals surface area contributed by atoms with Crippen molar-refractivity contribution in [2.45, 2.75) is 20.4 Å². The molecule has 0 radical (unpaired) electrons. The highest BCUT2D eigenvalue weighted by molar-refractivity contribution is 7.07. The molecule has 1 heterocycles. The second-order valence-corrected chi connectivity index (χ2v) is 5.27. The zero-order valence-corrected chi connectivity index (χ0v) is 11.5. The average molecular weight is 287 g/mol. The van der Waals surface area contributed by atoms with Gasteiger partial charge in [-0.1, -0.05) is 25.2 Å². The van der Waals surface area contributed by atoms with E-state index in [-0.39, 0.29) is 23.9 Å². The summed E-state index contributed by atoms with van der Waals surface area (Å²) in [5.41, 5.74) is 0.615. The van der Waals surface area contributed by atoms with Gasteiger partial charge in [-0.2, -0.15) is 0 Å². The van der Waals surface area contributed by atoms with E-state index in [0.29, 0.717) is 5.69 Å². The van der Waals surface area contributed by atoms with E-state index in [1.807, 2.05) is 0 Å². The van der Waals surface area contributed by atoms with E-state index in [9.17, 15) is 14.4 Å². The first-order valence-electron chi connectivity index (χ1n) is 5.81. The van der Waals surface area contributed by atoms with Gasteiger partial charge in [0.05, 0.1) is 12.5 Å². The molecule has 4 N–H and O–H groups in total. The SMILES string of the molecule is CC(C)C(CNC(=O)NCc1csc(=O)[nH]1)C(=O)O. The van der Waals surface area contributed by atoms with Crippen LogP contribution in [0, 0.1) is 11.8 Å². The highest BCUT2D eigenvalue weighted by Crippen LogP contribution is 2.09. The number of amides is 2. The molecule has 0 aliphatic rings. The number of hydrogen-bond donors (Lipinski definition) is 4. The number of aromatic amines is 1. The van der Waals surface area contributed by atoms with Crippen LogP contribution in [-0.2, 0) is 11.3 Å². The number of H-pyrrole nitrogens is 1. The summed E-state index contributed by atoms with van der Waals surface area (Å²) >= 11 is 1.02. The fourth-order valence-electron chi connectivity index (χ4n) is 1.45. The number of hydrogen-bond acceptors (Lipinski definition) is 4. The normalized spacial score (nSPS) is 12.2. The highest BCUT2D eigenvalue weighted by Gasteiger charge is 2.21. The third-order valence-corrected chi connectivity index (χ3v) is 3.33. The predicted molar refractivity (Wildman–Crippen MR) is 71.1 cm³/mol. The van der Waals surface area contributed by atoms with Gasteiger partial charge in [0.1, 0.15) is 0 Å². The Labute approximate surface area is 114 Å². The summed E-state index contributed by atoms with van der Waals surface area (Å²) in [5.74, 6) is -1.62. The number of nitrogens with one attached hydrogen (secondary N) is 3. The molecule has 1 unspecified atom stereocenters. The van der Waals surface area contributed by atoms with Gasteiger partial charge >= 0.3 is 16.9 Å². The van der Waals surface area contributed by atoms with Crippen molar-refractivity contribution in [2.24, 2.45) is 11.8 Å². The maximum atomic E-state index is 11.5. The van der Waals surface area contributed by atoms with E-state index < -0.39 is 17.9 Å². The van der Waals surface area contributed by atoms with Crippen LogP contribution in [0.25, 0.3) is 0 Å². The molecule has 0 saturated carbocycles. The highest BCUT2D eigenvalue weighted by atomic mass is 32.1. The van der Waals surface area contributed by atoms with Crippen molar-refractivity contribution in [2.75, 3.05) is 6.54 Å². The summed E-state index contributed by atoms with van der Waals surface area (Å²) in [4.78, 5) is 35.6. The molecule has 1 atom stereocenters. The van der Waals surface area contributed by atoms with Gasteiger partial charge < -0.3 is 20.7 Å². The molecule has 2 amide bonds. The molecular weight excluding hydrogens is 270 g/mol. The first-order valence-corrected chi connectivity index (χ1v) is 6.69. The van der Waals surface area contributed by atoms with Crippen molar-refractivity contribution in [1.82, 2.24) is 15.6 Å². The van der Waals surface area contributed by atoms with Crippen LogP contribution in [0.4, 0.5) is 4.79 Å². The fraction of sp³-hybridized carbons (Fsp3) is 0.545. The summed E-state index contributed by atoms with van der Waals surface area (Å²) in [6, 6.07) is -0.459. The first-order chi connectivity index (χ1) is 8.90. The number of carboxylic acids is 1. The molecule has 0 bridgehead atoms. The quantitative estimate of drug-likeness (QED) is 0.613. The Morgan fingerprint density at radius 3 is 2.58 bits per heavy atom. The maximum Gasteiger partial charge on any atom is 0.315 e. The van der Waals surface area contributed by atoms with Crippen molar-refractivity contribution >= 4 is 23.3 Å². The lowest BCUT2D eigenvalue weighted by Crippen LogP contribution is -2.41. The zero-order chi connectivity index (χ0) is 14.4. The van der Waals surface area contributed by atoms with E-state index in [1.165, 1.54) is 0 Å². The minimum atomic E-state index is -0.933. The Balaban J connectivity index is 2.35. The fourth-order valence-corrected chi connectivity index (χ4v) is 2.03. The van der Waals surface area contributed by atoms with Gasteiger partial charge in [0.25, 0.3) is 0 Å². The van der Waals surface area contributed by atoms with Gasteiger partial charge in [-0.25, -0.2) is 4.79 Å². The van der Waals surface area contributed by atoms with Crippen molar-refractivity contribution in [1.29, 1.82) is 0 Å². The number of aromatic nitrogens is 1. The van der Waals surface area contributed by atoms with Gasteiger partial charge in [-0.05, 0) is 5.92 Å². The van der Waals surface area contributed by atoms with Gasteiger partial charge in [0.2, 0.25) is 0 Å². The summed E-state index contributed by atoms with van der Waals surface area (Å²) < 4.78 is 0. The molecule has 0 aliphatic heterocycles. The average Bonchev–Trinajstić information content (AvgIpc) is 2.71. The van der Waals surface area contributed by atoms with Gasteiger partial charge in [-0.3, -0.25) is 9.59 Å². The molecular formula is C11H17N3O4S. The largest absolute Gasteiger partial charge is 0.481 e. The van der Waals surface area contributed by atoms with Crippen molar-refractivity contribution in [3.63, 3.8) is 0 Å². The van der Waals surface area contributed by atoms with Crippen LogP contribution in [0.5, 0.6) is 0 Å². The first kappa shape index (κ1) is 15.2. The molecule has 0 saturated heterocycles. The molecule has 8 heteroatoms. The van der Waals surface area contributed by atoms with Crippen molar-refractivity contribution < 1.29 is 14.7 Å². The molecule has 1 aromatic rings. The Morgan fingerprint density at radius 1 is 1.42 bits per heavy atom. The van der Waals surface area contributed by atoms with Crippen LogP contribution in [0.1, 0.15) is 19.5 Å². The van der Waals surface area contributed by atoms with Crippen LogP contribution in [0.2, 0.25) is 0 Å². The minimum absolute atomic E-state index is 0.0639. The Morgan fingerprint density at radius 2 is 2.11 bits per heavy atom. The lowest BCUT2D eigenvalue weighted by Gasteiger charge is -2.16. The van der Waals surface area contributed by atoms with Crippen LogP contribution in [-0.4, -0.2) is 28.6 Å². The molecule has 19 heavy (non-hydrogen) atoms. The smallest absolute Gasteiger partial charge is 0.315 e. The van der Waals surface area contributed by atoms with Gasteiger partial charge in [-0.15, -0.1) is 0 Å². The molecule has 1 rings (SSSR count). The van der Waals surface area contributed by atoms with E-state index in [2.05, 4.69) is 15.6 Å². The molecule has 0 spiro atoms. The number of carboxylic acid groups (broad SMARTS) is 1. The molecule has 7 nitrogen and oxygen atoms in total. The summed E-state index contributed by atoms with van der Waals surface area (Å²) in [7, 11) is 0. The Hall–Kier alpha value is -1.83. The molecule has 106 valence electrons. The minimum Gasteiger partial charge on any atom is -0.481 e. The second kappa shape index (κ2) is 6.93. The zero-order valence-electron chi connectivity index (χ0n) is 10.7. The molecule has 0 aromatic carbocycles. The maximum absolute atomic E-state index is 11.5. The van der Waals surface area contributed by atoms with Crippen LogP contribution < -0.4 is 15.5 Å². The Kier molecular flexibility index (Phi) is 5.56. The third-order valence-electron chi connectivity index (χ3n) is 2.61. The topological polar surface area (TPSA) is 111 Å². The Bertz CT molecular complexity index is 494. The summed E-state index contributed by atoms with van der Waals surface area (Å²) in [5, 5.41) is 15.6. The van der Waals surface area contributed by atoms with Crippen LogP contribution in [0.15, 0.2) is 10.2 Å². The van der Waals surface area contributed by atoms with Crippen LogP contribution in [0.3, 0.4) is 0 Å². The van der Waals surface area contributed by atoms with E-state index in [0.717, 1.165) is 11.3 Å². The predicted octanol–water partition coefficient (Wildman–Crippen LogP) is 0.592. The number of thiazole rings is 1. The number of aliphatic carboxylic acids is 1. The third kappa shape index (κ3) is 5.12. The molecule has 0 aliphatic carbocycles. The summed E-state index contributed by atoms with van der Waals surface area (Å²) in [6.45, 7) is 3.84. The lowest BCUT2D eigenvalue weighted by atomic mass is 9.96. The number of carbonyl (C=O) groups is 2. The van der Waals surface area contributed by atoms with E-state index in [4.69, 9.17) is 5.11 Å². The summed E-state index contributed by atoms with van der Waals surface area (Å²) in [6.07, 6.45) is 0. The van der Waals surface area contributed by atoms with E-state index in [1.54, 1.807) is 19.2 Å². The van der Waals surface area contributed by atoms with Gasteiger partial charge in [0, 0.05) is 17.6 Å². The van der Waals surface area contributed by atoms with Gasteiger partial charge in [0.15, 0.2) is 0 Å². The molecule has 1 aromatic heterocycles.